The molecule has 0 rings (SSSR count). The van der Waals surface area contributed by atoms with Crippen LogP contribution in [0.2, 0.25) is 0 Å². The van der Waals surface area contributed by atoms with Crippen molar-refractivity contribution in [3.05, 3.63) is 0 Å². The van der Waals surface area contributed by atoms with Crippen molar-refractivity contribution in [3.63, 3.8) is 0 Å². The molecule has 3 N–H and O–H groups in total. The first-order valence-corrected chi connectivity index (χ1v) is 4.03. The average Bonchev–Trinajstić information content (AvgIpc) is 1.63. The summed E-state index contributed by atoms with van der Waals surface area (Å²) >= 11 is 0. The fourth-order valence-electron chi connectivity index (χ4n) is 0.194. The van der Waals surface area contributed by atoms with E-state index in [-0.39, 0.29) is 12.8 Å². The van der Waals surface area contributed by atoms with Crippen LogP contribution in [0.25, 0.3) is 0 Å². The smallest absolute Gasteiger partial charge is 0.368 e. The third kappa shape index (κ3) is 26.1. The molecule has 0 aromatic carbocycles. The second-order valence-corrected chi connectivity index (χ2v) is 2.53. The van der Waals surface area contributed by atoms with Crippen LogP contribution in [-0.2, 0) is 14.0 Å². The molecule has 0 radical (unpaired) electrons. The van der Waals surface area contributed by atoms with E-state index >= 15 is 0 Å². The predicted octanol–water partition coefficient (Wildman–Crippen LogP) is -2.15. The Labute approximate surface area is 58.2 Å². The van der Waals surface area contributed by atoms with E-state index in [0.717, 1.165) is 0 Å². The van der Waals surface area contributed by atoms with E-state index in [0.29, 0.717) is 0 Å². The zero-order chi connectivity index (χ0) is 8.62. The maximum Gasteiger partial charge on any atom is 0.671 e. The van der Waals surface area contributed by atoms with Gasteiger partial charge in [0, 0.05) is 6.61 Å². The van der Waals surface area contributed by atoms with Crippen LogP contribution in [0, 0.1) is 0 Å². The third-order valence-corrected chi connectivity index (χ3v) is 1.01. The molecule has 0 aliphatic heterocycles. The SMILES string of the molecule is CCO[Si](O)(O)O.O=C=O. The standard InChI is InChI=1S/C2H8O4Si.CO2/c1-2-6-7(3,4)5;2-1-3/h3-5H,2H2,1H3;. The fourth-order valence-corrected chi connectivity index (χ4v) is 0.581. The molecule has 0 fully saturated rings. The number of carbonyl (C=O) groups excluding carboxylic acids is 2. The summed E-state index contributed by atoms with van der Waals surface area (Å²) in [5.41, 5.74) is 0. The van der Waals surface area contributed by atoms with Gasteiger partial charge in [0.2, 0.25) is 0 Å². The van der Waals surface area contributed by atoms with Gasteiger partial charge in [-0.3, -0.25) is 0 Å². The van der Waals surface area contributed by atoms with Crippen molar-refractivity contribution >= 4 is 15.2 Å². The van der Waals surface area contributed by atoms with Gasteiger partial charge in [-0.25, -0.2) is 0 Å². The van der Waals surface area contributed by atoms with Crippen molar-refractivity contribution in [2.75, 3.05) is 6.61 Å². The van der Waals surface area contributed by atoms with E-state index in [1.807, 2.05) is 0 Å². The summed E-state index contributed by atoms with van der Waals surface area (Å²) in [4.78, 5) is 40.4. The Morgan fingerprint density at radius 3 is 1.70 bits per heavy atom. The molecule has 0 saturated carbocycles. The number of rotatable bonds is 2. The molecule has 0 bridgehead atoms. The highest BCUT2D eigenvalue weighted by atomic mass is 28.4. The molecule has 7 heteroatoms. The van der Waals surface area contributed by atoms with Crippen LogP contribution in [0.3, 0.4) is 0 Å². The van der Waals surface area contributed by atoms with Gasteiger partial charge in [-0.2, -0.15) is 9.59 Å². The first kappa shape index (κ1) is 12.1. The summed E-state index contributed by atoms with van der Waals surface area (Å²) in [6.07, 6.45) is 0.250. The van der Waals surface area contributed by atoms with Gasteiger partial charge < -0.3 is 18.8 Å². The lowest BCUT2D eigenvalue weighted by atomic mass is 10.9. The molecule has 0 aromatic heterocycles. The fraction of sp³-hybridized carbons (Fsp3) is 0.667. The predicted molar refractivity (Wildman–Crippen MR) is 29.0 cm³/mol. The first-order chi connectivity index (χ1) is 4.47. The molecule has 0 saturated heterocycles. The van der Waals surface area contributed by atoms with Crippen LogP contribution in [0.15, 0.2) is 0 Å². The van der Waals surface area contributed by atoms with Crippen molar-refractivity contribution < 1.29 is 28.4 Å². The van der Waals surface area contributed by atoms with Gasteiger partial charge in [0.25, 0.3) is 0 Å². The summed E-state index contributed by atoms with van der Waals surface area (Å²) in [5.74, 6) is 0. The molecule has 0 atom stereocenters. The third-order valence-electron chi connectivity index (χ3n) is 0.338. The van der Waals surface area contributed by atoms with E-state index in [9.17, 15) is 0 Å². The summed E-state index contributed by atoms with van der Waals surface area (Å²) in [5, 5.41) is 0. The Kier molecular flexibility index (Phi) is 7.96. The van der Waals surface area contributed by atoms with Gasteiger partial charge in [-0.1, -0.05) is 0 Å². The van der Waals surface area contributed by atoms with Crippen LogP contribution < -0.4 is 0 Å². The zero-order valence-electron chi connectivity index (χ0n) is 5.27. The zero-order valence-corrected chi connectivity index (χ0v) is 6.27. The van der Waals surface area contributed by atoms with Crippen LogP contribution in [0.5, 0.6) is 0 Å². The topological polar surface area (TPSA) is 104 Å². The van der Waals surface area contributed by atoms with Crippen molar-refractivity contribution in [1.82, 2.24) is 0 Å². The molecule has 6 nitrogen and oxygen atoms in total. The Balaban J connectivity index is 0. The van der Waals surface area contributed by atoms with Gasteiger partial charge in [-0.05, 0) is 6.92 Å². The molecule has 0 unspecified atom stereocenters. The largest absolute Gasteiger partial charge is 0.671 e. The van der Waals surface area contributed by atoms with E-state index in [4.69, 9.17) is 24.0 Å². The van der Waals surface area contributed by atoms with E-state index in [1.165, 1.54) is 0 Å². The minimum atomic E-state index is -4.16. The molecule has 0 aromatic rings. The molecule has 0 heterocycles. The van der Waals surface area contributed by atoms with Crippen LogP contribution in [0.4, 0.5) is 0 Å². The Morgan fingerprint density at radius 2 is 1.70 bits per heavy atom. The quantitative estimate of drug-likeness (QED) is 0.406. The Hall–Kier alpha value is -0.563. The lowest BCUT2D eigenvalue weighted by Gasteiger charge is -2.05. The van der Waals surface area contributed by atoms with E-state index < -0.39 is 9.05 Å². The van der Waals surface area contributed by atoms with Crippen LogP contribution in [-0.4, -0.2) is 36.2 Å². The highest BCUT2D eigenvalue weighted by Gasteiger charge is 2.28. The average molecular weight is 168 g/mol. The van der Waals surface area contributed by atoms with E-state index in [2.05, 4.69) is 4.43 Å². The number of hydrogen-bond acceptors (Lipinski definition) is 6. The molecule has 60 valence electrons. The van der Waals surface area contributed by atoms with Gasteiger partial charge >= 0.3 is 15.2 Å². The monoisotopic (exact) mass is 168 g/mol. The second-order valence-electron chi connectivity index (χ2n) is 1.09. The molecular weight excluding hydrogens is 160 g/mol. The molecule has 0 spiro atoms. The molecule has 0 amide bonds. The van der Waals surface area contributed by atoms with Gasteiger partial charge in [0.15, 0.2) is 0 Å². The Morgan fingerprint density at radius 1 is 1.40 bits per heavy atom. The normalized spacial score (nSPS) is 9.20. The summed E-state index contributed by atoms with van der Waals surface area (Å²) in [6.45, 7) is 1.68. The summed E-state index contributed by atoms with van der Waals surface area (Å²) in [6, 6.07) is 0. The van der Waals surface area contributed by atoms with Crippen molar-refractivity contribution in [2.45, 2.75) is 6.92 Å². The van der Waals surface area contributed by atoms with Gasteiger partial charge in [0.05, 0.1) is 0 Å². The minimum Gasteiger partial charge on any atom is -0.368 e. The lowest BCUT2D eigenvalue weighted by Crippen LogP contribution is -2.38. The maximum atomic E-state index is 8.12. The maximum absolute atomic E-state index is 8.12. The summed E-state index contributed by atoms with van der Waals surface area (Å²) in [7, 11) is -4.16. The summed E-state index contributed by atoms with van der Waals surface area (Å²) < 4.78 is 4.03. The minimum absolute atomic E-state index is 0.121. The highest BCUT2D eigenvalue weighted by Crippen LogP contribution is 1.85. The first-order valence-electron chi connectivity index (χ1n) is 2.28. The van der Waals surface area contributed by atoms with Crippen molar-refractivity contribution in [2.24, 2.45) is 0 Å². The van der Waals surface area contributed by atoms with Gasteiger partial charge in [0.1, 0.15) is 0 Å². The second kappa shape index (κ2) is 6.56. The van der Waals surface area contributed by atoms with Crippen molar-refractivity contribution in [1.29, 1.82) is 0 Å². The Bertz CT molecular complexity index is 100. The molecule has 10 heavy (non-hydrogen) atoms. The van der Waals surface area contributed by atoms with E-state index in [1.54, 1.807) is 6.92 Å². The van der Waals surface area contributed by atoms with Crippen LogP contribution >= 0.6 is 0 Å². The van der Waals surface area contributed by atoms with Gasteiger partial charge in [-0.15, -0.1) is 0 Å². The molecule has 0 aliphatic rings. The molecule has 0 aliphatic carbocycles. The van der Waals surface area contributed by atoms with Crippen LogP contribution in [0.1, 0.15) is 6.92 Å². The highest BCUT2D eigenvalue weighted by molar-refractivity contribution is 6.48. The lowest BCUT2D eigenvalue weighted by molar-refractivity contribution is -0.191. The van der Waals surface area contributed by atoms with Crippen molar-refractivity contribution in [3.8, 4) is 0 Å². The number of hydrogen-bond donors (Lipinski definition) is 3. The molecular formula is C3H8O6Si.